The normalized spacial score (nSPS) is 15.9. The summed E-state index contributed by atoms with van der Waals surface area (Å²) in [5, 5.41) is 14.6. The van der Waals surface area contributed by atoms with Gasteiger partial charge in [-0.25, -0.2) is 9.97 Å². The van der Waals surface area contributed by atoms with Crippen molar-refractivity contribution in [2.75, 3.05) is 32.6 Å². The molecule has 4 aromatic rings. The number of amides is 1. The van der Waals surface area contributed by atoms with Crippen LogP contribution in [-0.4, -0.2) is 63.2 Å². The molecule has 1 saturated heterocycles. The minimum Gasteiger partial charge on any atom is -0.481 e. The van der Waals surface area contributed by atoms with Gasteiger partial charge in [-0.05, 0) is 62.2 Å². The average Bonchev–Trinajstić information content (AvgIpc) is 3.49. The van der Waals surface area contributed by atoms with Crippen LogP contribution in [0, 0.1) is 5.92 Å². The van der Waals surface area contributed by atoms with Gasteiger partial charge in [-0.15, -0.1) is 0 Å². The van der Waals surface area contributed by atoms with Gasteiger partial charge in [0.1, 0.15) is 0 Å². The molecule has 5 rings (SSSR count). The molecule has 1 aliphatic heterocycles. The number of anilines is 1. The number of pyridine rings is 2. The number of aromatic amines is 1. The summed E-state index contributed by atoms with van der Waals surface area (Å²) in [6, 6.07) is 16.7. The van der Waals surface area contributed by atoms with Crippen molar-refractivity contribution >= 4 is 11.6 Å². The van der Waals surface area contributed by atoms with Gasteiger partial charge in [0.2, 0.25) is 5.88 Å². The Morgan fingerprint density at radius 3 is 2.52 bits per heavy atom. The summed E-state index contributed by atoms with van der Waals surface area (Å²) >= 11 is 0. The highest BCUT2D eigenvalue weighted by Gasteiger charge is 2.39. The molecular formula is C30H36N8O2. The van der Waals surface area contributed by atoms with Crippen LogP contribution in [-0.2, 0) is 5.54 Å². The van der Waals surface area contributed by atoms with E-state index >= 15 is 0 Å². The molecule has 0 bridgehead atoms. The Morgan fingerprint density at radius 1 is 1.05 bits per heavy atom. The van der Waals surface area contributed by atoms with Crippen molar-refractivity contribution in [2.45, 2.75) is 38.3 Å². The fraction of sp³-hybridized carbons (Fsp3) is 0.367. The Balaban J connectivity index is 1.39. The lowest BCUT2D eigenvalue weighted by atomic mass is 9.86. The highest BCUT2D eigenvalue weighted by Crippen LogP contribution is 2.35. The largest absolute Gasteiger partial charge is 0.481 e. The van der Waals surface area contributed by atoms with Gasteiger partial charge < -0.3 is 20.3 Å². The highest BCUT2D eigenvalue weighted by molar-refractivity contribution is 5.95. The predicted octanol–water partition coefficient (Wildman–Crippen LogP) is 4.43. The molecule has 208 valence electrons. The van der Waals surface area contributed by atoms with Crippen molar-refractivity contribution in [3.05, 3.63) is 84.1 Å². The quantitative estimate of drug-likeness (QED) is 0.285. The van der Waals surface area contributed by atoms with Crippen LogP contribution in [0.1, 0.15) is 54.6 Å². The Hall–Kier alpha value is -4.31. The SMILES string of the molecule is COc1cccc([C@H](NC(=O)c2cccc(NC3(c4nc(-c5ccncc5)n[nH]4)CCN(C)CC3)c2)C(C)C)n1. The topological polar surface area (TPSA) is 121 Å². The molecule has 3 aromatic heterocycles. The van der Waals surface area contributed by atoms with E-state index in [-0.39, 0.29) is 17.9 Å². The zero-order valence-corrected chi connectivity index (χ0v) is 23.4. The number of likely N-dealkylation sites (tertiary alicyclic amines) is 1. The van der Waals surface area contributed by atoms with E-state index in [0.29, 0.717) is 17.3 Å². The maximum absolute atomic E-state index is 13.4. The number of nitrogens with one attached hydrogen (secondary N) is 3. The van der Waals surface area contributed by atoms with Crippen LogP contribution in [0.5, 0.6) is 5.88 Å². The van der Waals surface area contributed by atoms with Crippen molar-refractivity contribution in [3.8, 4) is 17.3 Å². The third kappa shape index (κ3) is 5.96. The molecule has 10 nitrogen and oxygen atoms in total. The lowest BCUT2D eigenvalue weighted by molar-refractivity contribution is 0.0924. The first-order valence-corrected chi connectivity index (χ1v) is 13.6. The lowest BCUT2D eigenvalue weighted by Gasteiger charge is -2.40. The van der Waals surface area contributed by atoms with Crippen molar-refractivity contribution in [1.29, 1.82) is 0 Å². The van der Waals surface area contributed by atoms with Crippen LogP contribution in [0.3, 0.4) is 0 Å². The summed E-state index contributed by atoms with van der Waals surface area (Å²) in [6.07, 6.45) is 5.14. The van der Waals surface area contributed by atoms with E-state index in [4.69, 9.17) is 9.72 Å². The van der Waals surface area contributed by atoms with Crippen molar-refractivity contribution < 1.29 is 9.53 Å². The van der Waals surface area contributed by atoms with E-state index in [0.717, 1.165) is 48.7 Å². The standard InChI is InChI=1S/C30H36N8O2/c1-20(2)26(24-9-6-10-25(32-24)40-4)33-28(39)22-7-5-8-23(19-22)35-30(13-17-38(3)18-14-30)29-34-27(36-37-29)21-11-15-31-16-12-21/h5-12,15-16,19-20,26,35H,13-14,17-18H2,1-4H3,(H,33,39)(H,34,36,37)/t26-/m1/s1. The zero-order valence-electron chi connectivity index (χ0n) is 23.4. The maximum atomic E-state index is 13.4. The van der Waals surface area contributed by atoms with E-state index < -0.39 is 5.54 Å². The van der Waals surface area contributed by atoms with Crippen LogP contribution in [0.25, 0.3) is 11.4 Å². The number of rotatable bonds is 9. The van der Waals surface area contributed by atoms with Gasteiger partial charge in [0, 0.05) is 48.4 Å². The summed E-state index contributed by atoms with van der Waals surface area (Å²) in [5.41, 5.74) is 2.63. The van der Waals surface area contributed by atoms with E-state index in [1.807, 2.05) is 48.5 Å². The fourth-order valence-electron chi connectivity index (χ4n) is 5.07. The number of ether oxygens (including phenoxy) is 1. The molecule has 1 amide bonds. The molecule has 0 saturated carbocycles. The molecule has 0 radical (unpaired) electrons. The number of H-pyrrole nitrogens is 1. The number of aromatic nitrogens is 5. The number of methoxy groups -OCH3 is 1. The van der Waals surface area contributed by atoms with Crippen molar-refractivity contribution in [1.82, 2.24) is 35.4 Å². The molecule has 0 spiro atoms. The number of benzene rings is 1. The van der Waals surface area contributed by atoms with Crippen molar-refractivity contribution in [3.63, 3.8) is 0 Å². The Morgan fingerprint density at radius 2 is 1.80 bits per heavy atom. The third-order valence-electron chi connectivity index (χ3n) is 7.45. The molecule has 0 unspecified atom stereocenters. The minimum atomic E-state index is -0.454. The van der Waals surface area contributed by atoms with Gasteiger partial charge in [0.05, 0.1) is 24.4 Å². The van der Waals surface area contributed by atoms with Crippen LogP contribution in [0.15, 0.2) is 67.0 Å². The van der Waals surface area contributed by atoms with Gasteiger partial charge in [0.15, 0.2) is 11.6 Å². The monoisotopic (exact) mass is 540 g/mol. The lowest BCUT2D eigenvalue weighted by Crippen LogP contribution is -2.46. The molecule has 1 atom stereocenters. The van der Waals surface area contributed by atoms with E-state index in [2.05, 4.69) is 56.6 Å². The molecule has 0 aliphatic carbocycles. The summed E-state index contributed by atoms with van der Waals surface area (Å²) in [7, 11) is 3.71. The number of nitrogens with zero attached hydrogens (tertiary/aromatic N) is 5. The van der Waals surface area contributed by atoms with Crippen LogP contribution in [0.4, 0.5) is 5.69 Å². The van der Waals surface area contributed by atoms with E-state index in [9.17, 15) is 4.79 Å². The second-order valence-electron chi connectivity index (χ2n) is 10.6. The Bertz CT molecular complexity index is 1430. The second-order valence-corrected chi connectivity index (χ2v) is 10.6. The zero-order chi connectivity index (χ0) is 28.1. The first-order chi connectivity index (χ1) is 19.4. The van der Waals surface area contributed by atoms with Crippen LogP contribution >= 0.6 is 0 Å². The van der Waals surface area contributed by atoms with Gasteiger partial charge in [-0.2, -0.15) is 5.10 Å². The summed E-state index contributed by atoms with van der Waals surface area (Å²) in [4.78, 5) is 29.3. The van der Waals surface area contributed by atoms with E-state index in [1.165, 1.54) is 0 Å². The predicted molar refractivity (Wildman–Crippen MR) is 154 cm³/mol. The Labute approximate surface area is 234 Å². The third-order valence-corrected chi connectivity index (χ3v) is 7.45. The second kappa shape index (κ2) is 11.8. The number of hydrogen-bond donors (Lipinski definition) is 3. The molecule has 10 heteroatoms. The summed E-state index contributed by atoms with van der Waals surface area (Å²) in [5.74, 6) is 1.91. The van der Waals surface area contributed by atoms with Crippen molar-refractivity contribution in [2.24, 2.45) is 5.92 Å². The average molecular weight is 541 g/mol. The van der Waals surface area contributed by atoms with Gasteiger partial charge >= 0.3 is 0 Å². The van der Waals surface area contributed by atoms with Gasteiger partial charge in [-0.1, -0.05) is 26.0 Å². The fourth-order valence-corrected chi connectivity index (χ4v) is 5.07. The first-order valence-electron chi connectivity index (χ1n) is 13.6. The number of carbonyl (C=O) groups is 1. The molecule has 1 aromatic carbocycles. The summed E-state index contributed by atoms with van der Waals surface area (Å²) in [6.45, 7) is 5.93. The molecule has 1 aliphatic rings. The maximum Gasteiger partial charge on any atom is 0.251 e. The molecule has 3 N–H and O–H groups in total. The highest BCUT2D eigenvalue weighted by atomic mass is 16.5. The van der Waals surface area contributed by atoms with Crippen LogP contribution in [0.2, 0.25) is 0 Å². The number of carbonyl (C=O) groups excluding carboxylic acids is 1. The first kappa shape index (κ1) is 27.3. The van der Waals surface area contributed by atoms with Gasteiger partial charge in [0.25, 0.3) is 5.91 Å². The number of hydrogen-bond acceptors (Lipinski definition) is 8. The molecule has 40 heavy (non-hydrogen) atoms. The van der Waals surface area contributed by atoms with Gasteiger partial charge in [-0.3, -0.25) is 14.9 Å². The Kier molecular flexibility index (Phi) is 8.06. The molecular weight excluding hydrogens is 504 g/mol. The smallest absolute Gasteiger partial charge is 0.251 e. The minimum absolute atomic E-state index is 0.133. The van der Waals surface area contributed by atoms with E-state index in [1.54, 1.807) is 25.6 Å². The molecule has 1 fully saturated rings. The summed E-state index contributed by atoms with van der Waals surface area (Å²) < 4.78 is 5.29. The number of piperidine rings is 1. The molecule has 4 heterocycles. The van der Waals surface area contributed by atoms with Crippen LogP contribution < -0.4 is 15.4 Å².